The van der Waals surface area contributed by atoms with Gasteiger partial charge < -0.3 is 35.2 Å². The Morgan fingerprint density at radius 2 is 1.64 bits per heavy atom. The number of amides is 4. The Morgan fingerprint density at radius 3 is 2.25 bits per heavy atom. The topological polar surface area (TPSA) is 142 Å². The predicted molar refractivity (Wildman–Crippen MR) is 209 cm³/mol. The van der Waals surface area contributed by atoms with Crippen LogP contribution in [0.3, 0.4) is 0 Å². The standard InChI is InChI=1S/C41H66N6O6/c1-12-27(6)37(46(9)41(51)36(26(4)5)45-40(50)35(42-8)25(2)3)33(52-10)24-34(48)47-23-15-18-32(47)38(53-11)28(7)39(49)44-22-20-31-30-17-14-13-16-29(30)19-21-43-31/h13-14,16-17,19,21,25-28,32-33,35-38,42H,12,15,18,20,22-24H2,1-11H3,(H,44,49)(H,45,50)/t27-,28+,32-,33+,35-,36-,37?,38+/m0/s1. The summed E-state index contributed by atoms with van der Waals surface area (Å²) in [6, 6.07) is 8.16. The summed E-state index contributed by atoms with van der Waals surface area (Å²) in [5.74, 6) is -1.31. The van der Waals surface area contributed by atoms with Gasteiger partial charge in [-0.15, -0.1) is 0 Å². The molecule has 1 aromatic carbocycles. The first-order valence-corrected chi connectivity index (χ1v) is 19.4. The van der Waals surface area contributed by atoms with Gasteiger partial charge >= 0.3 is 0 Å². The maximum absolute atomic E-state index is 14.2. The third kappa shape index (κ3) is 11.0. The number of nitrogens with one attached hydrogen (secondary N) is 3. The van der Waals surface area contributed by atoms with Crippen molar-refractivity contribution >= 4 is 34.4 Å². The monoisotopic (exact) mass is 739 g/mol. The summed E-state index contributed by atoms with van der Waals surface area (Å²) in [6.07, 6.45) is 3.61. The van der Waals surface area contributed by atoms with Crippen molar-refractivity contribution in [3.8, 4) is 0 Å². The first-order valence-electron chi connectivity index (χ1n) is 19.4. The van der Waals surface area contributed by atoms with Crippen LogP contribution < -0.4 is 16.0 Å². The molecule has 0 bridgehead atoms. The average molecular weight is 739 g/mol. The molecule has 1 aliphatic heterocycles. The van der Waals surface area contributed by atoms with Crippen LogP contribution >= 0.6 is 0 Å². The van der Waals surface area contributed by atoms with E-state index < -0.39 is 36.3 Å². The summed E-state index contributed by atoms with van der Waals surface area (Å²) < 4.78 is 12.0. The smallest absolute Gasteiger partial charge is 0.245 e. The highest BCUT2D eigenvalue weighted by molar-refractivity contribution is 5.90. The van der Waals surface area contributed by atoms with Gasteiger partial charge in [-0.05, 0) is 49.1 Å². The fourth-order valence-electron chi connectivity index (χ4n) is 7.90. The van der Waals surface area contributed by atoms with Crippen LogP contribution in [0.4, 0.5) is 0 Å². The van der Waals surface area contributed by atoms with Gasteiger partial charge in [0.1, 0.15) is 6.04 Å². The molecule has 8 atom stereocenters. The first-order chi connectivity index (χ1) is 25.2. The average Bonchev–Trinajstić information content (AvgIpc) is 3.63. The summed E-state index contributed by atoms with van der Waals surface area (Å²) in [7, 11) is 6.65. The lowest BCUT2D eigenvalue weighted by molar-refractivity contribution is -0.147. The highest BCUT2D eigenvalue weighted by Gasteiger charge is 2.43. The highest BCUT2D eigenvalue weighted by Crippen LogP contribution is 2.30. The van der Waals surface area contributed by atoms with Gasteiger partial charge in [0.05, 0.1) is 42.7 Å². The molecule has 1 saturated heterocycles. The van der Waals surface area contributed by atoms with Crippen molar-refractivity contribution in [2.75, 3.05) is 41.4 Å². The molecule has 53 heavy (non-hydrogen) atoms. The number of hydrogen-bond acceptors (Lipinski definition) is 8. The first kappa shape index (κ1) is 43.8. The molecular weight excluding hydrogens is 672 g/mol. The van der Waals surface area contributed by atoms with Crippen LogP contribution in [0.2, 0.25) is 0 Å². The molecular formula is C41H66N6O6. The molecule has 2 aromatic rings. The Bertz CT molecular complexity index is 1500. The van der Waals surface area contributed by atoms with E-state index in [0.717, 1.165) is 29.3 Å². The minimum absolute atomic E-state index is 0.000161. The molecule has 0 radical (unpaired) electrons. The van der Waals surface area contributed by atoms with Gasteiger partial charge in [-0.1, -0.05) is 79.2 Å². The lowest BCUT2D eigenvalue weighted by Gasteiger charge is -2.41. The minimum Gasteiger partial charge on any atom is -0.379 e. The van der Waals surface area contributed by atoms with Crippen molar-refractivity contribution in [3.63, 3.8) is 0 Å². The summed E-state index contributed by atoms with van der Waals surface area (Å²) in [5.41, 5.74) is 0.931. The number of fused-ring (bicyclic) bond motifs is 1. The Balaban J connectivity index is 1.72. The number of rotatable bonds is 20. The van der Waals surface area contributed by atoms with E-state index >= 15 is 0 Å². The number of benzene rings is 1. The zero-order chi connectivity index (χ0) is 39.4. The molecule has 12 nitrogen and oxygen atoms in total. The van der Waals surface area contributed by atoms with Gasteiger partial charge in [0.15, 0.2) is 0 Å². The van der Waals surface area contributed by atoms with E-state index in [0.29, 0.717) is 25.9 Å². The van der Waals surface area contributed by atoms with E-state index in [2.05, 4.69) is 34.8 Å². The number of aromatic nitrogens is 1. The van der Waals surface area contributed by atoms with E-state index in [1.807, 2.05) is 69.9 Å². The molecule has 12 heteroatoms. The van der Waals surface area contributed by atoms with Crippen LogP contribution in [0.5, 0.6) is 0 Å². The van der Waals surface area contributed by atoms with Gasteiger partial charge in [0.25, 0.3) is 0 Å². The summed E-state index contributed by atoms with van der Waals surface area (Å²) in [6.45, 7) is 14.7. The fraction of sp³-hybridized carbons (Fsp3) is 0.683. The van der Waals surface area contributed by atoms with E-state index in [4.69, 9.17) is 9.47 Å². The zero-order valence-corrected chi connectivity index (χ0v) is 34.0. The second-order valence-electron chi connectivity index (χ2n) is 15.3. The van der Waals surface area contributed by atoms with Gasteiger partial charge in [-0.2, -0.15) is 0 Å². The fourth-order valence-corrected chi connectivity index (χ4v) is 7.90. The van der Waals surface area contributed by atoms with Crippen LogP contribution in [0.1, 0.15) is 79.8 Å². The van der Waals surface area contributed by atoms with Crippen molar-refractivity contribution in [2.45, 2.75) is 117 Å². The van der Waals surface area contributed by atoms with Gasteiger partial charge in [-0.3, -0.25) is 24.2 Å². The van der Waals surface area contributed by atoms with E-state index in [1.165, 1.54) is 0 Å². The molecule has 2 heterocycles. The molecule has 1 fully saturated rings. The Hall–Kier alpha value is -3.61. The summed E-state index contributed by atoms with van der Waals surface area (Å²) >= 11 is 0. The molecule has 0 spiro atoms. The number of methoxy groups -OCH3 is 2. The number of nitrogens with zero attached hydrogens (tertiary/aromatic N) is 3. The third-order valence-corrected chi connectivity index (χ3v) is 11.2. The molecule has 0 saturated carbocycles. The highest BCUT2D eigenvalue weighted by atomic mass is 16.5. The van der Waals surface area contributed by atoms with E-state index in [9.17, 15) is 19.2 Å². The van der Waals surface area contributed by atoms with E-state index in [1.54, 1.807) is 39.4 Å². The van der Waals surface area contributed by atoms with Gasteiger partial charge in [0.2, 0.25) is 23.6 Å². The number of likely N-dealkylation sites (N-methyl/N-ethyl adjacent to an activating group) is 2. The number of hydrogen-bond donors (Lipinski definition) is 3. The second kappa shape index (κ2) is 20.7. The number of carbonyl (C=O) groups excluding carboxylic acids is 4. The molecule has 3 N–H and O–H groups in total. The minimum atomic E-state index is -0.747. The van der Waals surface area contributed by atoms with Gasteiger partial charge in [-0.25, -0.2) is 0 Å². The van der Waals surface area contributed by atoms with Gasteiger partial charge in [0, 0.05) is 58.1 Å². The largest absolute Gasteiger partial charge is 0.379 e. The number of ether oxygens (including phenoxy) is 2. The van der Waals surface area contributed by atoms with Crippen molar-refractivity contribution < 1.29 is 28.7 Å². The summed E-state index contributed by atoms with van der Waals surface area (Å²) in [5, 5.41) is 11.3. The van der Waals surface area contributed by atoms with Crippen LogP contribution in [0.15, 0.2) is 36.5 Å². The number of pyridine rings is 1. The molecule has 1 unspecified atom stereocenters. The number of carbonyl (C=O) groups is 4. The molecule has 296 valence electrons. The lowest BCUT2D eigenvalue weighted by atomic mass is 9.89. The SMILES string of the molecule is CC[C@H](C)C([C@@H](CC(=O)N1CCC[C@H]1[C@H](OC)[C@@H](C)C(=O)NCCc1nccc2ccccc12)OC)N(C)C(=O)[C@@H](NC(=O)[C@@H](NC)C(C)C)C(C)C. The maximum atomic E-state index is 14.2. The Kier molecular flexibility index (Phi) is 17.1. The van der Waals surface area contributed by atoms with Crippen LogP contribution in [0, 0.1) is 23.7 Å². The van der Waals surface area contributed by atoms with Crippen molar-refractivity contribution in [1.29, 1.82) is 0 Å². The normalized spacial score (nSPS) is 18.7. The Labute approximate surface area is 317 Å². The Morgan fingerprint density at radius 1 is 0.962 bits per heavy atom. The molecule has 4 amide bonds. The van der Waals surface area contributed by atoms with Crippen LogP contribution in [0.25, 0.3) is 10.8 Å². The van der Waals surface area contributed by atoms with Crippen molar-refractivity contribution in [1.82, 2.24) is 30.7 Å². The lowest BCUT2D eigenvalue weighted by Crippen LogP contribution is -2.59. The molecule has 3 rings (SSSR count). The molecule has 0 aliphatic carbocycles. The predicted octanol–water partition coefficient (Wildman–Crippen LogP) is 4.20. The third-order valence-electron chi connectivity index (χ3n) is 11.2. The molecule has 1 aliphatic rings. The van der Waals surface area contributed by atoms with Crippen molar-refractivity contribution in [2.24, 2.45) is 23.7 Å². The van der Waals surface area contributed by atoms with Crippen LogP contribution in [-0.2, 0) is 35.1 Å². The van der Waals surface area contributed by atoms with Crippen LogP contribution in [-0.4, -0.2) is 116 Å². The summed E-state index contributed by atoms with van der Waals surface area (Å²) in [4.78, 5) is 63.0. The quantitative estimate of drug-likeness (QED) is 0.184. The van der Waals surface area contributed by atoms with E-state index in [-0.39, 0.29) is 53.8 Å². The number of likely N-dealkylation sites (tertiary alicyclic amines) is 1. The second-order valence-corrected chi connectivity index (χ2v) is 15.3. The maximum Gasteiger partial charge on any atom is 0.245 e. The zero-order valence-electron chi connectivity index (χ0n) is 34.0. The van der Waals surface area contributed by atoms with Crippen molar-refractivity contribution in [3.05, 3.63) is 42.2 Å². The molecule has 1 aromatic heterocycles.